The van der Waals surface area contributed by atoms with Gasteiger partial charge in [0.15, 0.2) is 5.78 Å². The van der Waals surface area contributed by atoms with Crippen molar-refractivity contribution in [2.75, 3.05) is 13.1 Å². The molecule has 1 heterocycles. The van der Waals surface area contributed by atoms with Gasteiger partial charge in [-0.15, -0.1) is 0 Å². The number of hydrogen-bond donors (Lipinski definition) is 0. The second-order valence-electron chi connectivity index (χ2n) is 4.65. The molecule has 1 fully saturated rings. The Hall–Kier alpha value is -1.16. The lowest BCUT2D eigenvalue weighted by atomic mass is 9.89. The number of amides is 1. The van der Waals surface area contributed by atoms with Gasteiger partial charge in [0.2, 0.25) is 5.91 Å². The van der Waals surface area contributed by atoms with Gasteiger partial charge in [-0.1, -0.05) is 28.1 Å². The molecular formula is C14H16BrNO2. The van der Waals surface area contributed by atoms with Crippen LogP contribution in [0.2, 0.25) is 0 Å². The van der Waals surface area contributed by atoms with Gasteiger partial charge in [0, 0.05) is 36.0 Å². The van der Waals surface area contributed by atoms with Gasteiger partial charge >= 0.3 is 0 Å². The highest BCUT2D eigenvalue weighted by molar-refractivity contribution is 9.10. The number of carbonyl (C=O) groups is 2. The van der Waals surface area contributed by atoms with E-state index in [0.717, 1.165) is 22.9 Å². The predicted octanol–water partition coefficient (Wildman–Crippen LogP) is 2.89. The molecule has 0 spiro atoms. The van der Waals surface area contributed by atoms with Crippen LogP contribution in [0.3, 0.4) is 0 Å². The zero-order chi connectivity index (χ0) is 13.1. The van der Waals surface area contributed by atoms with Gasteiger partial charge in [-0.25, -0.2) is 0 Å². The molecule has 1 saturated heterocycles. The van der Waals surface area contributed by atoms with E-state index in [2.05, 4.69) is 15.9 Å². The Morgan fingerprint density at radius 3 is 2.22 bits per heavy atom. The molecule has 0 bridgehead atoms. The van der Waals surface area contributed by atoms with E-state index in [1.54, 1.807) is 6.92 Å². The summed E-state index contributed by atoms with van der Waals surface area (Å²) in [6, 6.07) is 7.48. The van der Waals surface area contributed by atoms with Gasteiger partial charge in [-0.05, 0) is 25.0 Å². The summed E-state index contributed by atoms with van der Waals surface area (Å²) in [6.07, 6.45) is 1.54. The molecule has 3 nitrogen and oxygen atoms in total. The second kappa shape index (κ2) is 5.65. The maximum Gasteiger partial charge on any atom is 0.219 e. The molecule has 0 aromatic heterocycles. The summed E-state index contributed by atoms with van der Waals surface area (Å²) in [5, 5.41) is 0. The first-order valence-electron chi connectivity index (χ1n) is 6.13. The summed E-state index contributed by atoms with van der Waals surface area (Å²) in [4.78, 5) is 25.3. The first-order valence-corrected chi connectivity index (χ1v) is 6.92. The van der Waals surface area contributed by atoms with Crippen LogP contribution in [0, 0.1) is 5.92 Å². The monoisotopic (exact) mass is 309 g/mol. The highest BCUT2D eigenvalue weighted by atomic mass is 79.9. The summed E-state index contributed by atoms with van der Waals surface area (Å²) >= 11 is 3.36. The van der Waals surface area contributed by atoms with Gasteiger partial charge in [0.25, 0.3) is 0 Å². The molecule has 0 unspecified atom stereocenters. The van der Waals surface area contributed by atoms with Gasteiger partial charge in [0.1, 0.15) is 0 Å². The third-order valence-corrected chi connectivity index (χ3v) is 3.97. The van der Waals surface area contributed by atoms with Gasteiger partial charge in [0.05, 0.1) is 0 Å². The number of benzene rings is 1. The molecule has 1 aliphatic heterocycles. The van der Waals surface area contributed by atoms with Crippen LogP contribution in [-0.2, 0) is 4.79 Å². The molecule has 2 rings (SSSR count). The topological polar surface area (TPSA) is 37.4 Å². The molecule has 1 amide bonds. The Labute approximate surface area is 115 Å². The van der Waals surface area contributed by atoms with E-state index >= 15 is 0 Å². The SMILES string of the molecule is CC(=O)N1CCC(C(=O)c2ccc(Br)cc2)CC1. The Balaban J connectivity index is 1.99. The molecular weight excluding hydrogens is 294 g/mol. The van der Waals surface area contributed by atoms with Crippen LogP contribution >= 0.6 is 15.9 Å². The maximum absolute atomic E-state index is 12.3. The first kappa shape index (κ1) is 13.3. The maximum atomic E-state index is 12.3. The number of piperidine rings is 1. The van der Waals surface area contributed by atoms with Crippen molar-refractivity contribution >= 4 is 27.6 Å². The largest absolute Gasteiger partial charge is 0.343 e. The molecule has 1 aromatic carbocycles. The number of likely N-dealkylation sites (tertiary alicyclic amines) is 1. The summed E-state index contributed by atoms with van der Waals surface area (Å²) in [6.45, 7) is 2.97. The number of nitrogens with zero attached hydrogens (tertiary/aromatic N) is 1. The predicted molar refractivity (Wildman–Crippen MR) is 73.5 cm³/mol. The van der Waals surface area contributed by atoms with Gasteiger partial charge in [-0.3, -0.25) is 9.59 Å². The van der Waals surface area contributed by atoms with E-state index in [4.69, 9.17) is 0 Å². The van der Waals surface area contributed by atoms with Crippen molar-refractivity contribution < 1.29 is 9.59 Å². The Bertz CT molecular complexity index is 447. The number of halogens is 1. The standard InChI is InChI=1S/C14H16BrNO2/c1-10(17)16-8-6-12(7-9-16)14(18)11-2-4-13(15)5-3-11/h2-5,12H,6-9H2,1H3. The molecule has 0 aliphatic carbocycles. The van der Waals surface area contributed by atoms with E-state index in [-0.39, 0.29) is 17.6 Å². The van der Waals surface area contributed by atoms with Crippen molar-refractivity contribution in [3.8, 4) is 0 Å². The van der Waals surface area contributed by atoms with E-state index in [1.165, 1.54) is 0 Å². The molecule has 18 heavy (non-hydrogen) atoms. The number of ketones is 1. The van der Waals surface area contributed by atoms with Crippen molar-refractivity contribution in [2.24, 2.45) is 5.92 Å². The Kier molecular flexibility index (Phi) is 4.17. The van der Waals surface area contributed by atoms with E-state index in [1.807, 2.05) is 29.2 Å². The third-order valence-electron chi connectivity index (χ3n) is 3.44. The number of Topliss-reactive ketones (excluding diaryl/α,β-unsaturated/α-hetero) is 1. The van der Waals surface area contributed by atoms with Crippen molar-refractivity contribution in [1.82, 2.24) is 4.90 Å². The lowest BCUT2D eigenvalue weighted by Gasteiger charge is -2.30. The van der Waals surface area contributed by atoms with Crippen LogP contribution in [0.4, 0.5) is 0 Å². The molecule has 96 valence electrons. The lowest BCUT2D eigenvalue weighted by molar-refractivity contribution is -0.130. The average molecular weight is 310 g/mol. The second-order valence-corrected chi connectivity index (χ2v) is 5.57. The summed E-state index contributed by atoms with van der Waals surface area (Å²) in [7, 11) is 0. The molecule has 1 aliphatic rings. The van der Waals surface area contributed by atoms with Crippen molar-refractivity contribution in [3.63, 3.8) is 0 Å². The Morgan fingerprint density at radius 1 is 1.17 bits per heavy atom. The van der Waals surface area contributed by atoms with Crippen LogP contribution in [0.15, 0.2) is 28.7 Å². The zero-order valence-electron chi connectivity index (χ0n) is 10.4. The fourth-order valence-electron chi connectivity index (χ4n) is 2.31. The smallest absolute Gasteiger partial charge is 0.219 e. The third kappa shape index (κ3) is 2.99. The van der Waals surface area contributed by atoms with E-state index in [9.17, 15) is 9.59 Å². The van der Waals surface area contributed by atoms with E-state index in [0.29, 0.717) is 13.1 Å². The lowest BCUT2D eigenvalue weighted by Crippen LogP contribution is -2.39. The minimum Gasteiger partial charge on any atom is -0.343 e. The normalized spacial score (nSPS) is 16.7. The number of rotatable bonds is 2. The fraction of sp³-hybridized carbons (Fsp3) is 0.429. The van der Waals surface area contributed by atoms with Gasteiger partial charge in [-0.2, -0.15) is 0 Å². The molecule has 1 aromatic rings. The number of carbonyl (C=O) groups excluding carboxylic acids is 2. The van der Waals surface area contributed by atoms with Crippen LogP contribution in [0.1, 0.15) is 30.1 Å². The quantitative estimate of drug-likeness (QED) is 0.788. The zero-order valence-corrected chi connectivity index (χ0v) is 11.9. The molecule has 0 saturated carbocycles. The molecule has 0 N–H and O–H groups in total. The van der Waals surface area contributed by atoms with Crippen LogP contribution in [0.5, 0.6) is 0 Å². The summed E-state index contributed by atoms with van der Waals surface area (Å²) in [5.41, 5.74) is 0.763. The highest BCUT2D eigenvalue weighted by Gasteiger charge is 2.26. The number of hydrogen-bond acceptors (Lipinski definition) is 2. The van der Waals surface area contributed by atoms with E-state index < -0.39 is 0 Å². The first-order chi connectivity index (χ1) is 8.58. The minimum atomic E-state index is 0.0572. The van der Waals surface area contributed by atoms with Crippen molar-refractivity contribution in [1.29, 1.82) is 0 Å². The average Bonchev–Trinajstić information content (AvgIpc) is 2.39. The molecule has 0 radical (unpaired) electrons. The molecule has 4 heteroatoms. The molecule has 0 atom stereocenters. The fourth-order valence-corrected chi connectivity index (χ4v) is 2.57. The summed E-state index contributed by atoms with van der Waals surface area (Å²) < 4.78 is 0.977. The van der Waals surface area contributed by atoms with Crippen LogP contribution in [0.25, 0.3) is 0 Å². The van der Waals surface area contributed by atoms with Crippen molar-refractivity contribution in [3.05, 3.63) is 34.3 Å². The Morgan fingerprint density at radius 2 is 1.72 bits per heavy atom. The van der Waals surface area contributed by atoms with Crippen LogP contribution < -0.4 is 0 Å². The van der Waals surface area contributed by atoms with Gasteiger partial charge < -0.3 is 4.90 Å². The van der Waals surface area contributed by atoms with Crippen LogP contribution in [-0.4, -0.2) is 29.7 Å². The summed E-state index contributed by atoms with van der Waals surface area (Å²) in [5.74, 6) is 0.358. The highest BCUT2D eigenvalue weighted by Crippen LogP contribution is 2.22. The van der Waals surface area contributed by atoms with Crippen molar-refractivity contribution in [2.45, 2.75) is 19.8 Å². The minimum absolute atomic E-state index is 0.0572.